The highest BCUT2D eigenvalue weighted by Gasteiger charge is 2.10. The molecule has 0 unspecified atom stereocenters. The molecule has 1 aromatic heterocycles. The summed E-state index contributed by atoms with van der Waals surface area (Å²) >= 11 is 2.85. The van der Waals surface area contributed by atoms with Crippen molar-refractivity contribution in [2.75, 3.05) is 24.0 Å². The molecule has 1 aromatic carbocycles. The zero-order valence-electron chi connectivity index (χ0n) is 12.1. The number of carbonyl (C=O) groups is 2. The van der Waals surface area contributed by atoms with Crippen molar-refractivity contribution >= 4 is 45.9 Å². The number of carbonyl (C=O) groups excluding carboxylic acids is 2. The van der Waals surface area contributed by atoms with Gasteiger partial charge in [-0.25, -0.2) is 9.78 Å². The van der Waals surface area contributed by atoms with Gasteiger partial charge in [0, 0.05) is 16.0 Å². The Kier molecular flexibility index (Phi) is 5.79. The highest BCUT2D eigenvalue weighted by Crippen LogP contribution is 2.20. The summed E-state index contributed by atoms with van der Waals surface area (Å²) < 4.78 is 4.48. The molecule has 0 saturated carbocycles. The second kappa shape index (κ2) is 7.81. The number of benzene rings is 1. The van der Waals surface area contributed by atoms with E-state index in [4.69, 9.17) is 0 Å². The van der Waals surface area contributed by atoms with Crippen LogP contribution in [-0.4, -0.2) is 30.3 Å². The molecule has 0 fully saturated rings. The Hall–Kier alpha value is -2.06. The summed E-state index contributed by atoms with van der Waals surface area (Å²) in [5, 5.41) is 7.42. The minimum absolute atomic E-state index is 0.142. The minimum atomic E-state index is -0.584. The zero-order valence-corrected chi connectivity index (χ0v) is 13.7. The highest BCUT2D eigenvalue weighted by atomic mass is 32.2. The molecule has 0 aliphatic rings. The number of thioether (sulfide) groups is 1. The van der Waals surface area contributed by atoms with E-state index in [1.165, 1.54) is 18.4 Å². The van der Waals surface area contributed by atoms with Gasteiger partial charge in [-0.3, -0.25) is 10.1 Å². The maximum Gasteiger partial charge on any atom is 0.413 e. The van der Waals surface area contributed by atoms with Crippen molar-refractivity contribution in [3.63, 3.8) is 0 Å². The molecular weight excluding hydrogens is 322 g/mol. The van der Waals surface area contributed by atoms with Crippen LogP contribution in [0.3, 0.4) is 0 Å². The van der Waals surface area contributed by atoms with Crippen LogP contribution in [0.2, 0.25) is 0 Å². The molecule has 2 aromatic rings. The number of nitrogens with zero attached hydrogens (tertiary/aromatic N) is 1. The normalized spacial score (nSPS) is 10.1. The first-order valence-corrected chi connectivity index (χ1v) is 8.44. The van der Waals surface area contributed by atoms with Crippen molar-refractivity contribution < 1.29 is 14.3 Å². The number of methoxy groups -OCH3 is 1. The second-order valence-electron chi connectivity index (χ2n) is 4.22. The van der Waals surface area contributed by atoms with Crippen molar-refractivity contribution in [3.05, 3.63) is 35.3 Å². The van der Waals surface area contributed by atoms with Gasteiger partial charge in [0.05, 0.1) is 19.2 Å². The van der Waals surface area contributed by atoms with E-state index in [9.17, 15) is 9.59 Å². The topological polar surface area (TPSA) is 80.3 Å². The third kappa shape index (κ3) is 4.74. The van der Waals surface area contributed by atoms with Crippen LogP contribution < -0.4 is 10.6 Å². The number of rotatable bonds is 5. The number of ether oxygens (including phenoxy) is 1. The summed E-state index contributed by atoms with van der Waals surface area (Å²) in [5.74, 6) is -0.159. The van der Waals surface area contributed by atoms with Gasteiger partial charge in [0.1, 0.15) is 0 Å². The van der Waals surface area contributed by atoms with Crippen LogP contribution in [0.15, 0.2) is 34.5 Å². The molecule has 0 bridgehead atoms. The fourth-order valence-electron chi connectivity index (χ4n) is 1.65. The fourth-order valence-corrected chi connectivity index (χ4v) is 2.81. The summed E-state index contributed by atoms with van der Waals surface area (Å²) in [6.07, 6.45) is 1.54. The number of hydrogen-bond donors (Lipinski definition) is 2. The van der Waals surface area contributed by atoms with E-state index in [0.717, 1.165) is 10.6 Å². The molecule has 0 radical (unpaired) electrons. The lowest BCUT2D eigenvalue weighted by Gasteiger charge is -2.05. The first kappa shape index (κ1) is 16.3. The van der Waals surface area contributed by atoms with E-state index in [0.29, 0.717) is 10.8 Å². The molecule has 2 N–H and O–H groups in total. The van der Waals surface area contributed by atoms with Gasteiger partial charge in [0.2, 0.25) is 5.91 Å². The number of hydrogen-bond acceptors (Lipinski definition) is 6. The van der Waals surface area contributed by atoms with E-state index in [-0.39, 0.29) is 12.3 Å². The van der Waals surface area contributed by atoms with Crippen LogP contribution >= 0.6 is 23.1 Å². The molecule has 8 heteroatoms. The highest BCUT2D eigenvalue weighted by molar-refractivity contribution is 7.98. The van der Waals surface area contributed by atoms with Gasteiger partial charge < -0.3 is 10.1 Å². The Bertz CT molecular complexity index is 673. The maximum absolute atomic E-state index is 12.0. The van der Waals surface area contributed by atoms with E-state index in [2.05, 4.69) is 20.4 Å². The average molecular weight is 337 g/mol. The van der Waals surface area contributed by atoms with Gasteiger partial charge in [-0.15, -0.1) is 23.1 Å². The van der Waals surface area contributed by atoms with Gasteiger partial charge in [-0.05, 0) is 24.5 Å². The third-order valence-electron chi connectivity index (χ3n) is 2.64. The van der Waals surface area contributed by atoms with E-state index >= 15 is 0 Å². The first-order chi connectivity index (χ1) is 10.6. The van der Waals surface area contributed by atoms with E-state index in [1.54, 1.807) is 17.1 Å². The Morgan fingerprint density at radius 2 is 2.18 bits per heavy atom. The van der Waals surface area contributed by atoms with Crippen molar-refractivity contribution in [3.8, 4) is 0 Å². The number of thiazole rings is 1. The van der Waals surface area contributed by atoms with Crippen LogP contribution in [0, 0.1) is 0 Å². The Balaban J connectivity index is 1.93. The minimum Gasteiger partial charge on any atom is -0.453 e. The summed E-state index contributed by atoms with van der Waals surface area (Å²) in [7, 11) is 1.28. The molecule has 0 spiro atoms. The van der Waals surface area contributed by atoms with Crippen LogP contribution in [0.5, 0.6) is 0 Å². The Morgan fingerprint density at radius 1 is 1.36 bits per heavy atom. The molecule has 0 saturated heterocycles. The molecule has 6 nitrogen and oxygen atoms in total. The molecule has 0 aliphatic heterocycles. The molecule has 1 heterocycles. The molecular formula is C14H15N3O3S2. The van der Waals surface area contributed by atoms with Crippen LogP contribution in [0.25, 0.3) is 0 Å². The largest absolute Gasteiger partial charge is 0.453 e. The lowest BCUT2D eigenvalue weighted by molar-refractivity contribution is -0.115. The van der Waals surface area contributed by atoms with Crippen molar-refractivity contribution in [1.82, 2.24) is 4.98 Å². The zero-order chi connectivity index (χ0) is 15.9. The number of anilines is 2. The van der Waals surface area contributed by atoms with Gasteiger partial charge in [-0.2, -0.15) is 0 Å². The molecule has 116 valence electrons. The van der Waals surface area contributed by atoms with Gasteiger partial charge in [0.25, 0.3) is 0 Å². The first-order valence-electron chi connectivity index (χ1n) is 6.34. The Morgan fingerprint density at radius 3 is 2.91 bits per heavy atom. The number of aromatic nitrogens is 1. The van der Waals surface area contributed by atoms with E-state index in [1.807, 2.05) is 30.5 Å². The molecule has 0 aliphatic carbocycles. The SMILES string of the molecule is COC(=O)Nc1nc(CC(=O)Nc2cccc(SC)c2)cs1. The predicted molar refractivity (Wildman–Crippen MR) is 88.7 cm³/mol. The maximum atomic E-state index is 12.0. The monoisotopic (exact) mass is 337 g/mol. The Labute approximate surface area is 136 Å². The molecule has 2 rings (SSSR count). The van der Waals surface area contributed by atoms with Gasteiger partial charge in [0.15, 0.2) is 5.13 Å². The molecule has 22 heavy (non-hydrogen) atoms. The molecule has 2 amide bonds. The summed E-state index contributed by atoms with van der Waals surface area (Å²) in [6.45, 7) is 0. The van der Waals surface area contributed by atoms with Gasteiger partial charge in [-0.1, -0.05) is 6.07 Å². The smallest absolute Gasteiger partial charge is 0.413 e. The molecule has 0 atom stereocenters. The number of amides is 2. The van der Waals surface area contributed by atoms with Crippen molar-refractivity contribution in [1.29, 1.82) is 0 Å². The summed E-state index contributed by atoms with van der Waals surface area (Å²) in [6, 6.07) is 7.62. The lowest BCUT2D eigenvalue weighted by atomic mass is 10.3. The standard InChI is InChI=1S/C14H15N3O3S2/c1-20-14(19)17-13-16-10(8-22-13)7-12(18)15-9-4-3-5-11(6-9)21-2/h3-6,8H,7H2,1-2H3,(H,15,18)(H,16,17,19). The van der Waals surface area contributed by atoms with E-state index < -0.39 is 6.09 Å². The summed E-state index contributed by atoms with van der Waals surface area (Å²) in [4.78, 5) is 28.3. The number of nitrogens with one attached hydrogen (secondary N) is 2. The third-order valence-corrected chi connectivity index (χ3v) is 4.17. The van der Waals surface area contributed by atoms with Crippen LogP contribution in [0.1, 0.15) is 5.69 Å². The predicted octanol–water partition coefficient (Wildman–Crippen LogP) is 3.22. The quantitative estimate of drug-likeness (QED) is 0.819. The lowest BCUT2D eigenvalue weighted by Crippen LogP contribution is -2.15. The summed E-state index contributed by atoms with van der Waals surface area (Å²) in [5.41, 5.74) is 1.34. The fraction of sp³-hybridized carbons (Fsp3) is 0.214. The van der Waals surface area contributed by atoms with Gasteiger partial charge >= 0.3 is 6.09 Å². The van der Waals surface area contributed by atoms with Crippen LogP contribution in [0.4, 0.5) is 15.6 Å². The van der Waals surface area contributed by atoms with Crippen LogP contribution in [-0.2, 0) is 16.0 Å². The average Bonchev–Trinajstić information content (AvgIpc) is 2.94. The second-order valence-corrected chi connectivity index (χ2v) is 5.96. The van der Waals surface area contributed by atoms with Crippen molar-refractivity contribution in [2.24, 2.45) is 0 Å². The van der Waals surface area contributed by atoms with Crippen molar-refractivity contribution in [2.45, 2.75) is 11.3 Å².